The van der Waals surface area contributed by atoms with E-state index in [0.717, 1.165) is 127 Å². The zero-order valence-electron chi connectivity index (χ0n) is 34.2. The van der Waals surface area contributed by atoms with Crippen molar-refractivity contribution in [3.8, 4) is 11.5 Å². The number of nitrogens with zero attached hydrogens (tertiary/aromatic N) is 2. The number of rotatable bonds is 10. The van der Waals surface area contributed by atoms with Gasteiger partial charge in [0, 0.05) is 49.6 Å². The van der Waals surface area contributed by atoms with Crippen LogP contribution in [0.4, 0.5) is 28.9 Å². The quantitative estimate of drug-likeness (QED) is 0.187. The van der Waals surface area contributed by atoms with Crippen LogP contribution in [0.2, 0.25) is 0 Å². The van der Waals surface area contributed by atoms with Gasteiger partial charge >= 0.3 is 13.2 Å². The molecule has 0 spiro atoms. The number of aliphatic hydroxyl groups is 2. The van der Waals surface area contributed by atoms with Gasteiger partial charge in [0.05, 0.1) is 23.0 Å². The number of carbonyl (C=O) groups excluding carboxylic acids is 2. The first-order valence-corrected chi connectivity index (χ1v) is 22.4. The molecule has 0 aromatic heterocycles. The third-order valence-electron chi connectivity index (χ3n) is 15.8. The smallest absolute Gasteiger partial charge is 0.387 e. The summed E-state index contributed by atoms with van der Waals surface area (Å²) in [5.74, 6) is 3.01. The number of benzene rings is 2. The first-order valence-electron chi connectivity index (χ1n) is 22.4. The van der Waals surface area contributed by atoms with Crippen LogP contribution >= 0.6 is 0 Å². The lowest BCUT2D eigenvalue weighted by Crippen LogP contribution is -2.60. The number of ether oxygens (including phenoxy) is 2. The molecule has 60 heavy (non-hydrogen) atoms. The molecule has 4 N–H and O–H groups in total. The number of hydrogen-bond donors (Lipinski definition) is 4. The van der Waals surface area contributed by atoms with Crippen LogP contribution in [0.5, 0.6) is 11.5 Å². The summed E-state index contributed by atoms with van der Waals surface area (Å²) >= 11 is 0. The highest BCUT2D eigenvalue weighted by Crippen LogP contribution is 2.61. The zero-order chi connectivity index (χ0) is 41.8. The summed E-state index contributed by atoms with van der Waals surface area (Å²) in [5, 5.41) is 27.7. The van der Waals surface area contributed by atoms with Crippen molar-refractivity contribution in [2.45, 2.75) is 127 Å². The van der Waals surface area contributed by atoms with E-state index in [1.54, 1.807) is 48.5 Å². The molecule has 2 aromatic rings. The number of anilines is 2. The summed E-state index contributed by atoms with van der Waals surface area (Å²) in [7, 11) is 0. The van der Waals surface area contributed by atoms with E-state index in [2.05, 4.69) is 29.9 Å². The van der Waals surface area contributed by atoms with Crippen LogP contribution in [0, 0.1) is 46.3 Å². The lowest BCUT2D eigenvalue weighted by atomic mass is 9.48. The Morgan fingerprint density at radius 3 is 1.27 bits per heavy atom. The molecule has 10 fully saturated rings. The molecule has 2 aliphatic heterocycles. The van der Waals surface area contributed by atoms with Gasteiger partial charge in [0.1, 0.15) is 11.5 Å². The third-order valence-corrected chi connectivity index (χ3v) is 15.8. The largest absolute Gasteiger partial charge is 0.435 e. The van der Waals surface area contributed by atoms with E-state index in [-0.39, 0.29) is 58.4 Å². The number of piperidine rings is 2. The molecule has 2 amide bonds. The fourth-order valence-electron chi connectivity index (χ4n) is 13.6. The van der Waals surface area contributed by atoms with Crippen LogP contribution in [0.25, 0.3) is 0 Å². The lowest BCUT2D eigenvalue weighted by Gasteiger charge is -2.58. The van der Waals surface area contributed by atoms with Gasteiger partial charge in [-0.25, -0.2) is 0 Å². The molecule has 2 aromatic carbocycles. The minimum Gasteiger partial charge on any atom is -0.435 e. The van der Waals surface area contributed by atoms with Crippen LogP contribution in [-0.2, 0) is 9.59 Å². The Balaban J connectivity index is 0.000000154. The molecule has 0 radical (unpaired) electrons. The number of nitrogens with one attached hydrogen (secondary N) is 2. The van der Waals surface area contributed by atoms with Crippen molar-refractivity contribution >= 4 is 23.2 Å². The average Bonchev–Trinajstić information content (AvgIpc) is 3.22. The molecule has 10 aliphatic rings. The maximum Gasteiger partial charge on any atom is 0.387 e. The predicted octanol–water partition coefficient (Wildman–Crippen LogP) is 7.12. The Hall–Kier alpha value is -3.78. The van der Waals surface area contributed by atoms with Crippen LogP contribution in [0.15, 0.2) is 48.5 Å². The minimum absolute atomic E-state index is 0.0844. The van der Waals surface area contributed by atoms with E-state index in [1.165, 1.54) is 0 Å². The Morgan fingerprint density at radius 1 is 0.583 bits per heavy atom. The van der Waals surface area contributed by atoms with Crippen molar-refractivity contribution in [1.29, 1.82) is 0 Å². The summed E-state index contributed by atoms with van der Waals surface area (Å²) in [5.41, 5.74) is 1.33. The highest BCUT2D eigenvalue weighted by atomic mass is 19.3. The molecule has 8 bridgehead atoms. The van der Waals surface area contributed by atoms with E-state index in [4.69, 9.17) is 0 Å². The fourth-order valence-corrected chi connectivity index (χ4v) is 13.6. The third kappa shape index (κ3) is 8.52. The van der Waals surface area contributed by atoms with Crippen molar-refractivity contribution in [3.63, 3.8) is 0 Å². The molecule has 2 saturated heterocycles. The monoisotopic (exact) mass is 840 g/mol. The highest BCUT2D eigenvalue weighted by molar-refractivity contribution is 5.84. The van der Waals surface area contributed by atoms with Crippen LogP contribution < -0.4 is 29.9 Å². The molecular formula is C46H60F4N4O6. The lowest BCUT2D eigenvalue weighted by molar-refractivity contribution is -0.164. The maximum absolute atomic E-state index is 13.4. The van der Waals surface area contributed by atoms with E-state index in [1.807, 2.05) is 0 Å². The molecule has 6 atom stereocenters. The van der Waals surface area contributed by atoms with Gasteiger partial charge in [-0.3, -0.25) is 9.59 Å². The number of alkyl halides is 4. The second-order valence-corrected chi connectivity index (χ2v) is 19.7. The Bertz CT molecular complexity index is 1670. The topological polar surface area (TPSA) is 124 Å². The molecular weight excluding hydrogens is 781 g/mol. The minimum atomic E-state index is -2.82. The van der Waals surface area contributed by atoms with E-state index in [9.17, 15) is 37.4 Å². The zero-order valence-corrected chi connectivity index (χ0v) is 34.2. The summed E-state index contributed by atoms with van der Waals surface area (Å²) in [6.07, 6.45) is 13.0. The van der Waals surface area contributed by atoms with Gasteiger partial charge < -0.3 is 40.1 Å². The van der Waals surface area contributed by atoms with E-state index < -0.39 is 13.2 Å². The molecule has 2 heterocycles. The number of halogens is 4. The summed E-state index contributed by atoms with van der Waals surface area (Å²) in [6, 6.07) is 13.6. The molecule has 14 heteroatoms. The van der Waals surface area contributed by atoms with Crippen molar-refractivity contribution in [2.24, 2.45) is 46.3 Å². The second kappa shape index (κ2) is 16.8. The highest BCUT2D eigenvalue weighted by Gasteiger charge is 2.59. The van der Waals surface area contributed by atoms with Gasteiger partial charge in [0.2, 0.25) is 11.8 Å². The first-order chi connectivity index (χ1) is 28.8. The van der Waals surface area contributed by atoms with Gasteiger partial charge in [-0.15, -0.1) is 0 Å². The normalized spacial score (nSPS) is 37.5. The van der Waals surface area contributed by atoms with Gasteiger partial charge in [-0.05, 0) is 174 Å². The number of hydrogen-bond acceptors (Lipinski definition) is 8. The first kappa shape index (κ1) is 41.6. The van der Waals surface area contributed by atoms with E-state index >= 15 is 0 Å². The average molecular weight is 841 g/mol. The molecule has 10 nitrogen and oxygen atoms in total. The SMILES string of the molecule is O=C(N[C@H]1CCCN(c2ccc(OC(F)F)cc2)C1)C12CC3CC(C1)C(O)C(C3)C2.O=C(N[C@H]1CCCN(c2ccc(OC(F)F)cc2)C1)C12CC3CC(C1)C(O)C(C3)C2. The van der Waals surface area contributed by atoms with Gasteiger partial charge in [-0.1, -0.05) is 0 Å². The molecule has 8 saturated carbocycles. The van der Waals surface area contributed by atoms with Crippen LogP contribution in [0.3, 0.4) is 0 Å². The maximum atomic E-state index is 13.4. The van der Waals surface area contributed by atoms with Crippen molar-refractivity contribution in [2.75, 3.05) is 36.0 Å². The fraction of sp³-hybridized carbons (Fsp3) is 0.696. The predicted molar refractivity (Wildman–Crippen MR) is 217 cm³/mol. The van der Waals surface area contributed by atoms with Crippen molar-refractivity contribution in [1.82, 2.24) is 10.6 Å². The number of amides is 2. The molecule has 12 rings (SSSR count). The number of aliphatic hydroxyl groups excluding tert-OH is 2. The Morgan fingerprint density at radius 2 is 0.933 bits per heavy atom. The molecule has 4 unspecified atom stereocenters. The summed E-state index contributed by atoms with van der Waals surface area (Å²) in [6.45, 7) is -2.45. The Labute approximate surface area is 349 Å². The molecule has 328 valence electrons. The van der Waals surface area contributed by atoms with Gasteiger partial charge in [0.15, 0.2) is 0 Å². The van der Waals surface area contributed by atoms with Crippen LogP contribution in [-0.4, -0.2) is 85.7 Å². The van der Waals surface area contributed by atoms with Crippen molar-refractivity contribution in [3.05, 3.63) is 48.5 Å². The molecule has 8 aliphatic carbocycles. The van der Waals surface area contributed by atoms with Gasteiger partial charge in [-0.2, -0.15) is 17.6 Å². The second-order valence-electron chi connectivity index (χ2n) is 19.7. The van der Waals surface area contributed by atoms with Gasteiger partial charge in [0.25, 0.3) is 0 Å². The number of carbonyl (C=O) groups is 2. The van der Waals surface area contributed by atoms with Crippen molar-refractivity contribution < 1.29 is 46.8 Å². The van der Waals surface area contributed by atoms with E-state index in [0.29, 0.717) is 35.5 Å². The standard InChI is InChI=1S/2C23H30F2N2O3/c2*24-22(25)30-19-5-3-18(4-6-19)27-7-1-2-17(13-27)26-21(29)23-10-14-8-15(11-23)20(28)16(9-14)12-23/h2*3-6,14-17,20,22,28H,1-2,7-13H2,(H,26,29)/t2*14?,15?,16?,17-,20?,23?/m00/s1. The van der Waals surface area contributed by atoms with Crippen LogP contribution in [0.1, 0.15) is 89.9 Å². The summed E-state index contributed by atoms with van der Waals surface area (Å²) in [4.78, 5) is 31.1. The summed E-state index contributed by atoms with van der Waals surface area (Å²) < 4.78 is 58.3. The Kier molecular flexibility index (Phi) is 11.7.